The van der Waals surface area contributed by atoms with E-state index in [9.17, 15) is 4.79 Å². The van der Waals surface area contributed by atoms with Gasteiger partial charge < -0.3 is 20.6 Å². The Labute approximate surface area is 123 Å². The zero-order valence-electron chi connectivity index (χ0n) is 11.5. The maximum Gasteiger partial charge on any atom is 0.315 e. The highest BCUT2D eigenvalue weighted by molar-refractivity contribution is 6.30. The minimum atomic E-state index is -0.236. The summed E-state index contributed by atoms with van der Waals surface area (Å²) in [7, 11) is 0. The molecule has 1 unspecified atom stereocenters. The predicted molar refractivity (Wildman–Crippen MR) is 80.3 cm³/mol. The molecule has 2 rings (SSSR count). The van der Waals surface area contributed by atoms with E-state index in [4.69, 9.17) is 16.7 Å². The number of nitrogens with zero attached hydrogens (tertiary/aromatic N) is 1. The van der Waals surface area contributed by atoms with E-state index in [2.05, 4.69) is 15.5 Å². The number of aliphatic hydroxyl groups is 1. The second-order valence-electron chi connectivity index (χ2n) is 5.11. The van der Waals surface area contributed by atoms with Gasteiger partial charge in [0, 0.05) is 29.8 Å². The second-order valence-corrected chi connectivity index (χ2v) is 5.55. The van der Waals surface area contributed by atoms with Crippen molar-refractivity contribution in [3.8, 4) is 0 Å². The van der Waals surface area contributed by atoms with Gasteiger partial charge in [-0.2, -0.15) is 0 Å². The summed E-state index contributed by atoms with van der Waals surface area (Å²) in [5.74, 6) is 0. The largest absolute Gasteiger partial charge is 0.394 e. The fourth-order valence-corrected chi connectivity index (χ4v) is 2.47. The van der Waals surface area contributed by atoms with Crippen molar-refractivity contribution in [2.45, 2.75) is 25.4 Å². The van der Waals surface area contributed by atoms with Crippen molar-refractivity contribution in [1.82, 2.24) is 10.6 Å². The number of urea groups is 1. The third-order valence-electron chi connectivity index (χ3n) is 3.35. The lowest BCUT2D eigenvalue weighted by Crippen LogP contribution is -2.47. The van der Waals surface area contributed by atoms with Crippen molar-refractivity contribution in [1.29, 1.82) is 0 Å². The highest BCUT2D eigenvalue weighted by Crippen LogP contribution is 2.23. The maximum atomic E-state index is 11.7. The molecule has 1 saturated heterocycles. The Bertz CT molecular complexity index is 469. The molecule has 1 aliphatic heterocycles. The molecule has 6 heteroatoms. The van der Waals surface area contributed by atoms with Gasteiger partial charge in [0.2, 0.25) is 0 Å². The van der Waals surface area contributed by atoms with Crippen LogP contribution in [0.15, 0.2) is 24.3 Å². The Kier molecular flexibility index (Phi) is 5.09. The molecule has 5 nitrogen and oxygen atoms in total. The average Bonchev–Trinajstić information content (AvgIpc) is 2.87. The number of hydrogen-bond acceptors (Lipinski definition) is 3. The lowest BCUT2D eigenvalue weighted by atomic mass is 10.2. The second kappa shape index (κ2) is 6.81. The molecular formula is C14H20ClN3O2. The molecule has 0 saturated carbocycles. The normalized spacial score (nSPS) is 19.8. The molecule has 3 N–H and O–H groups in total. The van der Waals surface area contributed by atoms with Crippen molar-refractivity contribution >= 4 is 23.3 Å². The summed E-state index contributed by atoms with van der Waals surface area (Å²) in [5.41, 5.74) is 1.07. The van der Waals surface area contributed by atoms with Gasteiger partial charge in [0.1, 0.15) is 0 Å². The fraction of sp³-hybridized carbons (Fsp3) is 0.500. The molecule has 2 atom stereocenters. The Morgan fingerprint density at radius 2 is 2.40 bits per heavy atom. The van der Waals surface area contributed by atoms with Crippen LogP contribution in [0.5, 0.6) is 0 Å². The molecule has 0 aromatic heterocycles. The summed E-state index contributed by atoms with van der Waals surface area (Å²) in [5, 5.41) is 15.2. The zero-order chi connectivity index (χ0) is 14.5. The fourth-order valence-electron chi connectivity index (χ4n) is 2.28. The number of hydrogen-bond donors (Lipinski definition) is 3. The number of amides is 2. The first-order chi connectivity index (χ1) is 9.58. The first-order valence-electron chi connectivity index (χ1n) is 6.77. The van der Waals surface area contributed by atoms with Gasteiger partial charge in [0.05, 0.1) is 12.6 Å². The van der Waals surface area contributed by atoms with Crippen molar-refractivity contribution < 1.29 is 9.90 Å². The lowest BCUT2D eigenvalue weighted by molar-refractivity contribution is 0.218. The quantitative estimate of drug-likeness (QED) is 0.791. The third kappa shape index (κ3) is 4.02. The van der Waals surface area contributed by atoms with Crippen molar-refractivity contribution in [3.63, 3.8) is 0 Å². The molecule has 1 aliphatic rings. The predicted octanol–water partition coefficient (Wildman–Crippen LogP) is 1.60. The highest BCUT2D eigenvalue weighted by Gasteiger charge is 2.24. The van der Waals surface area contributed by atoms with E-state index in [1.54, 1.807) is 6.92 Å². The van der Waals surface area contributed by atoms with Gasteiger partial charge in [-0.25, -0.2) is 4.79 Å². The number of nitrogens with one attached hydrogen (secondary N) is 2. The molecule has 1 aromatic carbocycles. The van der Waals surface area contributed by atoms with E-state index in [0.717, 1.165) is 25.2 Å². The smallest absolute Gasteiger partial charge is 0.315 e. The number of aliphatic hydroxyl groups excluding tert-OH is 1. The highest BCUT2D eigenvalue weighted by atomic mass is 35.5. The molecule has 0 spiro atoms. The minimum Gasteiger partial charge on any atom is -0.394 e. The summed E-state index contributed by atoms with van der Waals surface area (Å²) in [6.45, 7) is 3.35. The molecule has 110 valence electrons. The Morgan fingerprint density at radius 1 is 1.60 bits per heavy atom. The van der Waals surface area contributed by atoms with Crippen LogP contribution in [-0.2, 0) is 0 Å². The topological polar surface area (TPSA) is 64.6 Å². The van der Waals surface area contributed by atoms with Crippen LogP contribution in [0.4, 0.5) is 10.5 Å². The molecule has 0 radical (unpaired) electrons. The Morgan fingerprint density at radius 3 is 3.10 bits per heavy atom. The molecule has 1 heterocycles. The third-order valence-corrected chi connectivity index (χ3v) is 3.58. The molecule has 2 amide bonds. The van der Waals surface area contributed by atoms with Gasteiger partial charge in [0.15, 0.2) is 0 Å². The van der Waals surface area contributed by atoms with Crippen LogP contribution in [0.1, 0.15) is 13.3 Å². The number of carbonyl (C=O) groups is 1. The molecule has 0 bridgehead atoms. The van der Waals surface area contributed by atoms with Gasteiger partial charge in [-0.1, -0.05) is 17.7 Å². The van der Waals surface area contributed by atoms with Gasteiger partial charge in [-0.15, -0.1) is 0 Å². The van der Waals surface area contributed by atoms with Crippen LogP contribution in [-0.4, -0.2) is 42.9 Å². The first kappa shape index (κ1) is 14.9. The zero-order valence-corrected chi connectivity index (χ0v) is 12.2. The van der Waals surface area contributed by atoms with Crippen LogP contribution in [0.3, 0.4) is 0 Å². The van der Waals surface area contributed by atoms with E-state index >= 15 is 0 Å². The summed E-state index contributed by atoms with van der Waals surface area (Å²) in [4.78, 5) is 13.9. The number of rotatable bonds is 4. The number of halogens is 1. The lowest BCUT2D eigenvalue weighted by Gasteiger charge is -2.20. The number of benzene rings is 1. The van der Waals surface area contributed by atoms with Crippen molar-refractivity contribution in [2.24, 2.45) is 0 Å². The summed E-state index contributed by atoms with van der Waals surface area (Å²) >= 11 is 5.99. The SMILES string of the molecule is C[C@@H](CO)NC(=O)NC1CCN(c2cccc(Cl)c2)C1. The van der Waals surface area contributed by atoms with Gasteiger partial charge >= 0.3 is 6.03 Å². The van der Waals surface area contributed by atoms with Crippen LogP contribution in [0, 0.1) is 0 Å². The van der Waals surface area contributed by atoms with E-state index in [-0.39, 0.29) is 24.7 Å². The summed E-state index contributed by atoms with van der Waals surface area (Å²) in [6, 6.07) is 7.36. The monoisotopic (exact) mass is 297 g/mol. The molecule has 20 heavy (non-hydrogen) atoms. The van der Waals surface area contributed by atoms with Crippen LogP contribution < -0.4 is 15.5 Å². The van der Waals surface area contributed by atoms with Crippen molar-refractivity contribution in [2.75, 3.05) is 24.6 Å². The average molecular weight is 298 g/mol. The summed E-state index contributed by atoms with van der Waals surface area (Å²) in [6.07, 6.45) is 0.896. The van der Waals surface area contributed by atoms with Gasteiger partial charge in [-0.3, -0.25) is 0 Å². The van der Waals surface area contributed by atoms with E-state index in [1.165, 1.54) is 0 Å². The number of carbonyl (C=O) groups excluding carboxylic acids is 1. The van der Waals surface area contributed by atoms with Gasteiger partial charge in [-0.05, 0) is 31.5 Å². The van der Waals surface area contributed by atoms with Gasteiger partial charge in [0.25, 0.3) is 0 Å². The van der Waals surface area contributed by atoms with Crippen LogP contribution >= 0.6 is 11.6 Å². The van der Waals surface area contributed by atoms with Crippen LogP contribution in [0.2, 0.25) is 5.02 Å². The molecule has 0 aliphatic carbocycles. The summed E-state index contributed by atoms with van der Waals surface area (Å²) < 4.78 is 0. The minimum absolute atomic E-state index is 0.0628. The molecular weight excluding hydrogens is 278 g/mol. The maximum absolute atomic E-state index is 11.7. The van der Waals surface area contributed by atoms with E-state index in [1.807, 2.05) is 24.3 Å². The Hall–Kier alpha value is -1.46. The van der Waals surface area contributed by atoms with Crippen molar-refractivity contribution in [3.05, 3.63) is 29.3 Å². The Balaban J connectivity index is 1.85. The van der Waals surface area contributed by atoms with E-state index < -0.39 is 0 Å². The molecule has 1 aromatic rings. The number of anilines is 1. The molecule has 1 fully saturated rings. The standard InChI is InChI=1S/C14H20ClN3O2/c1-10(9-19)16-14(20)17-12-5-6-18(8-12)13-4-2-3-11(15)7-13/h2-4,7,10,12,19H,5-6,8-9H2,1H3,(H2,16,17,20)/t10-,12?/m0/s1. The first-order valence-corrected chi connectivity index (χ1v) is 7.14. The van der Waals surface area contributed by atoms with E-state index in [0.29, 0.717) is 5.02 Å². The van der Waals surface area contributed by atoms with Crippen LogP contribution in [0.25, 0.3) is 0 Å².